The van der Waals surface area contributed by atoms with Gasteiger partial charge in [-0.2, -0.15) is 0 Å². The largest absolute Gasteiger partial charge is 0.298 e. The molecule has 0 N–H and O–H groups in total. The average molecular weight is 211 g/mol. The second kappa shape index (κ2) is 2.63. The first-order valence-electron chi connectivity index (χ1n) is 5.54. The normalized spacial score (nSPS) is 45.5. The molecule has 3 fully saturated rings. The van der Waals surface area contributed by atoms with Crippen molar-refractivity contribution in [2.24, 2.45) is 5.41 Å². The Kier molecular flexibility index (Phi) is 1.69. The molecule has 4 aliphatic carbocycles. The smallest absolute Gasteiger partial charge is 0.145 e. The van der Waals surface area contributed by atoms with Crippen LogP contribution in [0.2, 0.25) is 0 Å². The van der Waals surface area contributed by atoms with Gasteiger partial charge in [-0.25, -0.2) is 0 Å². The second-order valence-corrected chi connectivity index (χ2v) is 6.09. The predicted molar refractivity (Wildman–Crippen MR) is 56.4 cm³/mol. The highest BCUT2D eigenvalue weighted by atomic mass is 35.5. The van der Waals surface area contributed by atoms with Crippen LogP contribution in [-0.2, 0) is 4.79 Å². The molecule has 0 aromatic carbocycles. The van der Waals surface area contributed by atoms with Crippen LogP contribution in [0, 0.1) is 5.41 Å². The summed E-state index contributed by atoms with van der Waals surface area (Å²) >= 11 is 6.26. The molecule has 4 rings (SSSR count). The maximum absolute atomic E-state index is 11.0. The first-order valence-corrected chi connectivity index (χ1v) is 5.92. The highest BCUT2D eigenvalue weighted by Crippen LogP contribution is 2.74. The van der Waals surface area contributed by atoms with Crippen LogP contribution in [0.15, 0.2) is 11.1 Å². The molecule has 0 aromatic rings. The van der Waals surface area contributed by atoms with E-state index in [2.05, 4.69) is 0 Å². The van der Waals surface area contributed by atoms with Crippen molar-refractivity contribution >= 4 is 17.9 Å². The van der Waals surface area contributed by atoms with Gasteiger partial charge in [0.1, 0.15) is 6.29 Å². The molecule has 0 unspecified atom stereocenters. The number of halogens is 1. The topological polar surface area (TPSA) is 17.1 Å². The number of rotatable bonds is 2. The lowest BCUT2D eigenvalue weighted by Gasteiger charge is -2.69. The number of carbonyl (C=O) groups is 1. The second-order valence-electron chi connectivity index (χ2n) is 5.29. The van der Waals surface area contributed by atoms with Crippen LogP contribution in [0.1, 0.15) is 44.9 Å². The van der Waals surface area contributed by atoms with Gasteiger partial charge >= 0.3 is 0 Å². The van der Waals surface area contributed by atoms with E-state index in [-0.39, 0.29) is 4.87 Å². The van der Waals surface area contributed by atoms with Crippen LogP contribution in [0.4, 0.5) is 0 Å². The molecule has 14 heavy (non-hydrogen) atoms. The molecule has 0 amide bonds. The van der Waals surface area contributed by atoms with Crippen LogP contribution in [0.5, 0.6) is 0 Å². The van der Waals surface area contributed by atoms with Crippen molar-refractivity contribution in [3.63, 3.8) is 0 Å². The Morgan fingerprint density at radius 2 is 1.79 bits per heavy atom. The Balaban J connectivity index is 1.90. The standard InChI is InChI=1S/C12H15ClO/c13-12-6-11(7-12,8-12)10-4-2-1-3-9(10)5-14/h5H,1-4,6-8H2. The maximum Gasteiger partial charge on any atom is 0.145 e. The Bertz CT molecular complexity index is 309. The molecule has 0 aromatic heterocycles. The fraction of sp³-hybridized carbons (Fsp3) is 0.750. The molecule has 3 saturated carbocycles. The molecule has 0 heterocycles. The number of hydrogen-bond acceptors (Lipinski definition) is 1. The van der Waals surface area contributed by atoms with E-state index in [0.717, 1.165) is 44.0 Å². The SMILES string of the molecule is O=CC1=C(C23CC(Cl)(C2)C3)CCCC1. The van der Waals surface area contributed by atoms with Crippen LogP contribution in [0.3, 0.4) is 0 Å². The van der Waals surface area contributed by atoms with E-state index in [1.807, 2.05) is 0 Å². The summed E-state index contributed by atoms with van der Waals surface area (Å²) < 4.78 is 0. The summed E-state index contributed by atoms with van der Waals surface area (Å²) in [6.45, 7) is 0. The van der Waals surface area contributed by atoms with Crippen molar-refractivity contribution in [3.8, 4) is 0 Å². The summed E-state index contributed by atoms with van der Waals surface area (Å²) in [7, 11) is 0. The van der Waals surface area contributed by atoms with Gasteiger partial charge in [0.15, 0.2) is 0 Å². The summed E-state index contributed by atoms with van der Waals surface area (Å²) in [4.78, 5) is 11.1. The molecule has 0 atom stereocenters. The fourth-order valence-electron chi connectivity index (χ4n) is 3.65. The third-order valence-electron chi connectivity index (χ3n) is 4.26. The van der Waals surface area contributed by atoms with Gasteiger partial charge in [0.25, 0.3) is 0 Å². The van der Waals surface area contributed by atoms with Gasteiger partial charge in [0.05, 0.1) is 0 Å². The lowest BCUT2D eigenvalue weighted by molar-refractivity contribution is -0.105. The summed E-state index contributed by atoms with van der Waals surface area (Å²) in [5, 5.41) is 0. The minimum Gasteiger partial charge on any atom is -0.298 e. The lowest BCUT2D eigenvalue weighted by atomic mass is 9.40. The van der Waals surface area contributed by atoms with E-state index >= 15 is 0 Å². The Morgan fingerprint density at radius 1 is 1.14 bits per heavy atom. The molecule has 0 spiro atoms. The van der Waals surface area contributed by atoms with Crippen molar-refractivity contribution in [2.45, 2.75) is 49.8 Å². The molecule has 0 aliphatic heterocycles. The molecule has 76 valence electrons. The van der Waals surface area contributed by atoms with Crippen molar-refractivity contribution in [1.29, 1.82) is 0 Å². The quantitative estimate of drug-likeness (QED) is 0.505. The molecule has 0 radical (unpaired) electrons. The van der Waals surface area contributed by atoms with Crippen LogP contribution in [-0.4, -0.2) is 11.2 Å². The average Bonchev–Trinajstić information content (AvgIpc) is 2.11. The highest BCUT2D eigenvalue weighted by Gasteiger charge is 2.68. The molecule has 1 nitrogen and oxygen atoms in total. The Hall–Kier alpha value is -0.300. The van der Waals surface area contributed by atoms with Crippen LogP contribution < -0.4 is 0 Å². The molecule has 4 aliphatic rings. The zero-order valence-electron chi connectivity index (χ0n) is 8.31. The zero-order chi connectivity index (χ0) is 9.81. The minimum absolute atomic E-state index is 0.137. The molecule has 2 heteroatoms. The maximum atomic E-state index is 11.0. The molecular weight excluding hydrogens is 196 g/mol. The fourth-order valence-corrected chi connectivity index (χ4v) is 4.42. The third kappa shape index (κ3) is 0.995. The van der Waals surface area contributed by atoms with Crippen molar-refractivity contribution in [1.82, 2.24) is 0 Å². The summed E-state index contributed by atoms with van der Waals surface area (Å²) in [5.74, 6) is 0. The van der Waals surface area contributed by atoms with Gasteiger partial charge in [-0.1, -0.05) is 5.57 Å². The molecule has 0 saturated heterocycles. The van der Waals surface area contributed by atoms with Gasteiger partial charge in [-0.05, 0) is 55.9 Å². The zero-order valence-corrected chi connectivity index (χ0v) is 9.07. The number of aldehydes is 1. The number of allylic oxidation sites excluding steroid dienone is 2. The third-order valence-corrected chi connectivity index (χ3v) is 4.66. The van der Waals surface area contributed by atoms with E-state index < -0.39 is 0 Å². The lowest BCUT2D eigenvalue weighted by Crippen LogP contribution is -2.64. The summed E-state index contributed by atoms with van der Waals surface area (Å²) in [5.41, 5.74) is 2.97. The van der Waals surface area contributed by atoms with Crippen LogP contribution >= 0.6 is 11.6 Å². The number of carbonyl (C=O) groups excluding carboxylic acids is 1. The number of hydrogen-bond donors (Lipinski definition) is 0. The van der Waals surface area contributed by atoms with Gasteiger partial charge in [-0.3, -0.25) is 4.79 Å². The Morgan fingerprint density at radius 3 is 2.36 bits per heavy atom. The predicted octanol–water partition coefficient (Wildman–Crippen LogP) is 3.22. The monoisotopic (exact) mass is 210 g/mol. The number of alkyl halides is 1. The minimum atomic E-state index is 0.137. The van der Waals surface area contributed by atoms with E-state index in [1.54, 1.807) is 0 Å². The van der Waals surface area contributed by atoms with E-state index in [0.29, 0.717) is 5.41 Å². The summed E-state index contributed by atoms with van der Waals surface area (Å²) in [6.07, 6.45) is 9.12. The molecular formula is C12H15ClO. The molecule has 2 bridgehead atoms. The van der Waals surface area contributed by atoms with E-state index in [9.17, 15) is 4.79 Å². The van der Waals surface area contributed by atoms with E-state index in [1.165, 1.54) is 18.4 Å². The van der Waals surface area contributed by atoms with Gasteiger partial charge in [0.2, 0.25) is 0 Å². The van der Waals surface area contributed by atoms with Crippen molar-refractivity contribution in [2.75, 3.05) is 0 Å². The first kappa shape index (κ1) is 8.96. The van der Waals surface area contributed by atoms with E-state index in [4.69, 9.17) is 11.6 Å². The van der Waals surface area contributed by atoms with Gasteiger partial charge in [0, 0.05) is 4.87 Å². The summed E-state index contributed by atoms with van der Waals surface area (Å²) in [6, 6.07) is 0. The van der Waals surface area contributed by atoms with Gasteiger partial charge in [-0.15, -0.1) is 11.6 Å². The van der Waals surface area contributed by atoms with Gasteiger partial charge < -0.3 is 0 Å². The van der Waals surface area contributed by atoms with Crippen molar-refractivity contribution in [3.05, 3.63) is 11.1 Å². The highest BCUT2D eigenvalue weighted by molar-refractivity contribution is 6.26. The first-order chi connectivity index (χ1) is 6.68. The van der Waals surface area contributed by atoms with Crippen molar-refractivity contribution < 1.29 is 4.79 Å². The Labute approximate surface area is 89.5 Å². The van der Waals surface area contributed by atoms with Crippen LogP contribution in [0.25, 0.3) is 0 Å².